The van der Waals surface area contributed by atoms with Gasteiger partial charge >= 0.3 is 0 Å². The number of hydrogen-bond donors (Lipinski definition) is 0. The van der Waals surface area contributed by atoms with Crippen molar-refractivity contribution in [2.45, 2.75) is 25.0 Å². The van der Waals surface area contributed by atoms with Crippen molar-refractivity contribution in [1.82, 2.24) is 9.55 Å². The van der Waals surface area contributed by atoms with Crippen LogP contribution < -0.4 is 10.5 Å². The fraction of sp³-hybridized carbons (Fsp3) is 0.200. The van der Waals surface area contributed by atoms with Crippen LogP contribution in [0, 0.1) is 18.3 Å². The highest BCUT2D eigenvalue weighted by Gasteiger charge is 2.21. The van der Waals surface area contributed by atoms with Crippen LogP contribution >= 0.6 is 23.1 Å². The second-order valence-electron chi connectivity index (χ2n) is 7.48. The van der Waals surface area contributed by atoms with Gasteiger partial charge in [-0.2, -0.15) is 5.26 Å². The summed E-state index contributed by atoms with van der Waals surface area (Å²) in [5, 5.41) is 11.8. The van der Waals surface area contributed by atoms with Crippen molar-refractivity contribution in [2.24, 2.45) is 0 Å². The first kappa shape index (κ1) is 23.5. The summed E-state index contributed by atoms with van der Waals surface area (Å²) < 4.78 is 7.02. The molecular weight excluding hydrogens is 468 g/mol. The molecule has 0 N–H and O–H groups in total. The Balaban J connectivity index is 1.64. The third kappa shape index (κ3) is 4.83. The quantitative estimate of drug-likeness (QED) is 0.181. The molecule has 0 spiro atoms. The SMILES string of the molecule is C=CCn1c(SCC(=O)N(CCC#N)c2ccc(C)cc2)nc2scc(-c3ccco3)c2c1=O. The molecule has 3 aromatic heterocycles. The largest absolute Gasteiger partial charge is 0.464 e. The smallest absolute Gasteiger partial charge is 0.263 e. The number of fused-ring (bicyclic) bond motifs is 1. The van der Waals surface area contributed by atoms with Gasteiger partial charge in [-0.15, -0.1) is 17.9 Å². The number of aromatic nitrogens is 2. The predicted octanol–water partition coefficient (Wildman–Crippen LogP) is 5.25. The van der Waals surface area contributed by atoms with Crippen molar-refractivity contribution >= 4 is 44.9 Å². The minimum Gasteiger partial charge on any atom is -0.464 e. The molecule has 172 valence electrons. The molecule has 0 radical (unpaired) electrons. The zero-order valence-corrected chi connectivity index (χ0v) is 20.2. The lowest BCUT2D eigenvalue weighted by Crippen LogP contribution is -2.33. The van der Waals surface area contributed by atoms with Crippen molar-refractivity contribution in [2.75, 3.05) is 17.2 Å². The number of benzene rings is 1. The highest BCUT2D eigenvalue weighted by Crippen LogP contribution is 2.32. The fourth-order valence-electron chi connectivity index (χ4n) is 3.51. The molecule has 0 bridgehead atoms. The van der Waals surface area contributed by atoms with Crippen LogP contribution in [0.15, 0.2) is 75.1 Å². The van der Waals surface area contributed by atoms with Gasteiger partial charge in [-0.1, -0.05) is 35.5 Å². The average molecular weight is 491 g/mol. The number of amides is 1. The highest BCUT2D eigenvalue weighted by molar-refractivity contribution is 7.99. The molecule has 0 unspecified atom stereocenters. The lowest BCUT2D eigenvalue weighted by atomic mass is 10.2. The maximum Gasteiger partial charge on any atom is 0.263 e. The van der Waals surface area contributed by atoms with Gasteiger partial charge in [0.2, 0.25) is 5.91 Å². The van der Waals surface area contributed by atoms with Gasteiger partial charge in [0.1, 0.15) is 10.6 Å². The molecule has 4 rings (SSSR count). The number of allylic oxidation sites excluding steroid dienone is 1. The van der Waals surface area contributed by atoms with E-state index in [0.29, 0.717) is 33.2 Å². The van der Waals surface area contributed by atoms with Crippen LogP contribution in [0.4, 0.5) is 5.69 Å². The third-order valence-electron chi connectivity index (χ3n) is 5.18. The van der Waals surface area contributed by atoms with Crippen molar-refractivity contribution in [3.05, 3.63) is 76.6 Å². The van der Waals surface area contributed by atoms with Gasteiger partial charge in [-0.3, -0.25) is 14.2 Å². The Morgan fingerprint density at radius 1 is 1.35 bits per heavy atom. The predicted molar refractivity (Wildman–Crippen MR) is 136 cm³/mol. The number of carbonyl (C=O) groups excluding carboxylic acids is 1. The molecule has 1 amide bonds. The molecule has 0 saturated heterocycles. The zero-order valence-electron chi connectivity index (χ0n) is 18.6. The van der Waals surface area contributed by atoms with E-state index in [1.54, 1.807) is 29.4 Å². The molecule has 0 fully saturated rings. The van der Waals surface area contributed by atoms with E-state index in [9.17, 15) is 9.59 Å². The molecule has 0 saturated carbocycles. The number of furan rings is 1. The topological polar surface area (TPSA) is 92.1 Å². The fourth-order valence-corrected chi connectivity index (χ4v) is 5.36. The molecule has 34 heavy (non-hydrogen) atoms. The molecule has 7 nitrogen and oxygen atoms in total. The van der Waals surface area contributed by atoms with E-state index in [1.807, 2.05) is 36.6 Å². The zero-order chi connectivity index (χ0) is 24.1. The first-order chi connectivity index (χ1) is 16.5. The monoisotopic (exact) mass is 490 g/mol. The van der Waals surface area contributed by atoms with Gasteiger partial charge < -0.3 is 9.32 Å². The molecule has 4 aromatic rings. The summed E-state index contributed by atoms with van der Waals surface area (Å²) >= 11 is 2.57. The summed E-state index contributed by atoms with van der Waals surface area (Å²) in [7, 11) is 0. The standard InChI is InChI=1S/C25H22N4O3S2/c1-3-12-29-24(31)22-19(20-6-4-14-32-20)15-33-23(22)27-25(29)34-16-21(30)28(13-5-11-26)18-9-7-17(2)8-10-18/h3-4,6-10,14-15H,1,5,12-13,16H2,2H3. The minimum absolute atomic E-state index is 0.0742. The van der Waals surface area contributed by atoms with E-state index in [1.165, 1.54) is 27.7 Å². The van der Waals surface area contributed by atoms with E-state index in [4.69, 9.17) is 14.7 Å². The van der Waals surface area contributed by atoms with Gasteiger partial charge in [0.15, 0.2) is 5.16 Å². The van der Waals surface area contributed by atoms with Crippen molar-refractivity contribution in [3.8, 4) is 17.4 Å². The summed E-state index contributed by atoms with van der Waals surface area (Å²) in [5.41, 5.74) is 2.32. The summed E-state index contributed by atoms with van der Waals surface area (Å²) in [5.74, 6) is 0.522. The van der Waals surface area contributed by atoms with Crippen molar-refractivity contribution in [3.63, 3.8) is 0 Å². The van der Waals surface area contributed by atoms with Crippen LogP contribution in [0.1, 0.15) is 12.0 Å². The normalized spacial score (nSPS) is 10.8. The minimum atomic E-state index is -0.202. The number of rotatable bonds is 9. The van der Waals surface area contributed by atoms with Crippen LogP contribution in [-0.4, -0.2) is 27.8 Å². The number of thioether (sulfide) groups is 1. The van der Waals surface area contributed by atoms with Crippen molar-refractivity contribution in [1.29, 1.82) is 5.26 Å². The second kappa shape index (κ2) is 10.5. The van der Waals surface area contributed by atoms with Gasteiger partial charge in [0, 0.05) is 29.7 Å². The van der Waals surface area contributed by atoms with E-state index in [2.05, 4.69) is 12.6 Å². The van der Waals surface area contributed by atoms with E-state index in [-0.39, 0.29) is 30.2 Å². The number of carbonyl (C=O) groups is 1. The Bertz CT molecular complexity index is 1410. The Labute approximate surface area is 205 Å². The molecule has 0 atom stereocenters. The summed E-state index contributed by atoms with van der Waals surface area (Å²) in [6.45, 7) is 6.30. The first-order valence-corrected chi connectivity index (χ1v) is 12.4. The molecule has 0 aliphatic rings. The molecule has 1 aromatic carbocycles. The van der Waals surface area contributed by atoms with Gasteiger partial charge in [-0.25, -0.2) is 4.98 Å². The second-order valence-corrected chi connectivity index (χ2v) is 9.28. The summed E-state index contributed by atoms with van der Waals surface area (Å²) in [6, 6.07) is 13.3. The van der Waals surface area contributed by atoms with Crippen LogP contribution in [0.25, 0.3) is 21.5 Å². The molecule has 0 aliphatic carbocycles. The molecule has 0 aliphatic heterocycles. The van der Waals surface area contributed by atoms with Crippen LogP contribution in [0.5, 0.6) is 0 Å². The lowest BCUT2D eigenvalue weighted by molar-refractivity contribution is -0.116. The Hall–Kier alpha value is -3.61. The third-order valence-corrected chi connectivity index (χ3v) is 7.01. The van der Waals surface area contributed by atoms with E-state index in [0.717, 1.165) is 11.3 Å². The molecular formula is C25H22N4O3S2. The van der Waals surface area contributed by atoms with Crippen molar-refractivity contribution < 1.29 is 9.21 Å². The number of thiophene rings is 1. The lowest BCUT2D eigenvalue weighted by Gasteiger charge is -2.22. The van der Waals surface area contributed by atoms with Crippen LogP contribution in [-0.2, 0) is 11.3 Å². The highest BCUT2D eigenvalue weighted by atomic mass is 32.2. The van der Waals surface area contributed by atoms with E-state index < -0.39 is 0 Å². The average Bonchev–Trinajstić information content (AvgIpc) is 3.51. The summed E-state index contributed by atoms with van der Waals surface area (Å²) in [4.78, 5) is 33.4. The number of aryl methyl sites for hydroxylation is 1. The van der Waals surface area contributed by atoms with Gasteiger partial charge in [0.25, 0.3) is 5.56 Å². The molecule has 9 heteroatoms. The maximum absolute atomic E-state index is 13.4. The Morgan fingerprint density at radius 3 is 2.82 bits per heavy atom. The summed E-state index contributed by atoms with van der Waals surface area (Å²) in [6.07, 6.45) is 3.42. The van der Waals surface area contributed by atoms with Crippen LogP contribution in [0.3, 0.4) is 0 Å². The maximum atomic E-state index is 13.4. The Morgan fingerprint density at radius 2 is 2.15 bits per heavy atom. The number of hydrogen-bond acceptors (Lipinski definition) is 7. The molecule has 3 heterocycles. The van der Waals surface area contributed by atoms with Gasteiger partial charge in [0.05, 0.1) is 29.9 Å². The Kier molecular flexibility index (Phi) is 7.30. The van der Waals surface area contributed by atoms with E-state index >= 15 is 0 Å². The number of nitrogens with zero attached hydrogens (tertiary/aromatic N) is 4. The number of nitriles is 1. The van der Waals surface area contributed by atoms with Crippen LogP contribution in [0.2, 0.25) is 0 Å². The number of anilines is 1. The van der Waals surface area contributed by atoms with Gasteiger partial charge in [-0.05, 0) is 31.2 Å². The first-order valence-electron chi connectivity index (χ1n) is 10.6.